The van der Waals surface area contributed by atoms with Crippen molar-refractivity contribution in [2.75, 3.05) is 16.3 Å². The molecule has 0 atom stereocenters. The summed E-state index contributed by atoms with van der Waals surface area (Å²) in [4.78, 5) is 11.6. The van der Waals surface area contributed by atoms with Gasteiger partial charge in [-0.1, -0.05) is 17.7 Å². The first kappa shape index (κ1) is 19.0. The first-order valence-corrected chi connectivity index (χ1v) is 10.5. The number of halogens is 1. The fourth-order valence-electron chi connectivity index (χ4n) is 1.81. The molecule has 0 spiro atoms. The number of carbonyl (C=O) groups excluding carboxylic acids is 1. The van der Waals surface area contributed by atoms with Crippen LogP contribution in [0.2, 0.25) is 5.02 Å². The fourth-order valence-corrected chi connectivity index (χ4v) is 3.45. The molecule has 8 nitrogen and oxygen atoms in total. The molecular formula is C14H14ClN3O5S2. The molecule has 2 rings (SSSR count). The van der Waals surface area contributed by atoms with E-state index >= 15 is 0 Å². The Morgan fingerprint density at radius 2 is 1.60 bits per heavy atom. The van der Waals surface area contributed by atoms with E-state index in [1.165, 1.54) is 42.5 Å². The van der Waals surface area contributed by atoms with E-state index in [0.717, 1.165) is 12.3 Å². The van der Waals surface area contributed by atoms with E-state index in [1.807, 2.05) is 4.72 Å². The van der Waals surface area contributed by atoms with Crippen LogP contribution in [-0.2, 0) is 20.0 Å². The van der Waals surface area contributed by atoms with Crippen LogP contribution in [0, 0.1) is 0 Å². The van der Waals surface area contributed by atoms with Crippen LogP contribution in [0.25, 0.3) is 0 Å². The van der Waals surface area contributed by atoms with Gasteiger partial charge in [0.25, 0.3) is 10.0 Å². The largest absolute Gasteiger partial charge is 0.333 e. The molecule has 11 heteroatoms. The van der Waals surface area contributed by atoms with Gasteiger partial charge in [-0.25, -0.2) is 26.4 Å². The molecule has 25 heavy (non-hydrogen) atoms. The number of hydrogen-bond acceptors (Lipinski definition) is 5. The van der Waals surface area contributed by atoms with E-state index in [9.17, 15) is 21.6 Å². The Kier molecular flexibility index (Phi) is 5.55. The van der Waals surface area contributed by atoms with Gasteiger partial charge in [0.15, 0.2) is 0 Å². The Labute approximate surface area is 150 Å². The molecule has 0 aromatic heterocycles. The van der Waals surface area contributed by atoms with Crippen molar-refractivity contribution in [3.05, 3.63) is 53.6 Å². The second kappa shape index (κ2) is 7.30. The summed E-state index contributed by atoms with van der Waals surface area (Å²) in [6.07, 6.45) is 0.936. The third-order valence-electron chi connectivity index (χ3n) is 2.78. The van der Waals surface area contributed by atoms with Crippen LogP contribution in [0.4, 0.5) is 16.2 Å². The molecule has 0 saturated heterocycles. The molecule has 0 fully saturated rings. The van der Waals surface area contributed by atoms with Crippen LogP contribution in [-0.4, -0.2) is 29.1 Å². The molecule has 0 saturated carbocycles. The lowest BCUT2D eigenvalue weighted by atomic mass is 10.3. The number of hydrogen-bond donors (Lipinski definition) is 3. The van der Waals surface area contributed by atoms with Gasteiger partial charge >= 0.3 is 6.03 Å². The summed E-state index contributed by atoms with van der Waals surface area (Å²) in [6, 6.07) is 10.2. The summed E-state index contributed by atoms with van der Waals surface area (Å²) in [6.45, 7) is 0. The smallest absolute Gasteiger partial charge is 0.307 e. The van der Waals surface area contributed by atoms with Crippen molar-refractivity contribution in [2.24, 2.45) is 0 Å². The Balaban J connectivity index is 2.14. The number of anilines is 2. The van der Waals surface area contributed by atoms with Gasteiger partial charge in [-0.2, -0.15) is 0 Å². The Bertz CT molecular complexity index is 989. The number of sulfonamides is 2. The number of urea groups is 1. The fraction of sp³-hybridized carbons (Fsp3) is 0.0714. The highest BCUT2D eigenvalue weighted by atomic mass is 35.5. The molecular weight excluding hydrogens is 390 g/mol. The van der Waals surface area contributed by atoms with Crippen LogP contribution in [0.5, 0.6) is 0 Å². The van der Waals surface area contributed by atoms with E-state index in [-0.39, 0.29) is 10.6 Å². The van der Waals surface area contributed by atoms with E-state index in [2.05, 4.69) is 10.0 Å². The first-order chi connectivity index (χ1) is 11.5. The predicted molar refractivity (Wildman–Crippen MR) is 95.7 cm³/mol. The average Bonchev–Trinajstić information content (AvgIpc) is 2.47. The summed E-state index contributed by atoms with van der Waals surface area (Å²) in [5.74, 6) is 0. The van der Waals surface area contributed by atoms with Crippen molar-refractivity contribution >= 4 is 49.1 Å². The molecule has 2 amide bonds. The maximum absolute atomic E-state index is 12.2. The van der Waals surface area contributed by atoms with Gasteiger partial charge < -0.3 is 5.32 Å². The minimum atomic E-state index is -4.19. The van der Waals surface area contributed by atoms with E-state index in [1.54, 1.807) is 0 Å². The minimum Gasteiger partial charge on any atom is -0.307 e. The first-order valence-electron chi connectivity index (χ1n) is 6.72. The molecule has 0 aliphatic heterocycles. The van der Waals surface area contributed by atoms with Crippen LogP contribution >= 0.6 is 11.6 Å². The quantitative estimate of drug-likeness (QED) is 0.706. The highest BCUT2D eigenvalue weighted by molar-refractivity contribution is 7.92. The lowest BCUT2D eigenvalue weighted by Gasteiger charge is -2.10. The summed E-state index contributed by atoms with van der Waals surface area (Å²) in [5.41, 5.74) is 0.410. The van der Waals surface area contributed by atoms with E-state index in [0.29, 0.717) is 10.7 Å². The normalized spacial score (nSPS) is 11.6. The lowest BCUT2D eigenvalue weighted by Crippen LogP contribution is -2.34. The van der Waals surface area contributed by atoms with Crippen molar-refractivity contribution in [3.8, 4) is 0 Å². The molecule has 0 unspecified atom stereocenters. The highest BCUT2D eigenvalue weighted by Crippen LogP contribution is 2.17. The second-order valence-electron chi connectivity index (χ2n) is 4.97. The number of carbonyl (C=O) groups is 1. The Hall–Kier alpha value is -2.30. The highest BCUT2D eigenvalue weighted by Gasteiger charge is 2.18. The van der Waals surface area contributed by atoms with Gasteiger partial charge in [-0.3, -0.25) is 4.72 Å². The van der Waals surface area contributed by atoms with Gasteiger partial charge in [-0.05, 0) is 42.5 Å². The maximum Gasteiger partial charge on any atom is 0.333 e. The van der Waals surface area contributed by atoms with E-state index < -0.39 is 26.1 Å². The Morgan fingerprint density at radius 3 is 2.20 bits per heavy atom. The van der Waals surface area contributed by atoms with Gasteiger partial charge in [0.05, 0.1) is 11.2 Å². The van der Waals surface area contributed by atoms with Crippen molar-refractivity contribution in [2.45, 2.75) is 4.90 Å². The van der Waals surface area contributed by atoms with Gasteiger partial charge in [0.2, 0.25) is 10.0 Å². The van der Waals surface area contributed by atoms with Gasteiger partial charge in [0.1, 0.15) is 0 Å². The Morgan fingerprint density at radius 1 is 0.960 bits per heavy atom. The number of nitrogens with one attached hydrogen (secondary N) is 3. The molecule has 2 aromatic carbocycles. The summed E-state index contributed by atoms with van der Waals surface area (Å²) >= 11 is 5.72. The van der Waals surface area contributed by atoms with Crippen LogP contribution in [0.1, 0.15) is 0 Å². The SMILES string of the molecule is CS(=O)(=O)Nc1cccc(S(=O)(=O)NC(=O)Nc2ccc(Cl)cc2)c1. The van der Waals surface area contributed by atoms with Crippen LogP contribution < -0.4 is 14.8 Å². The summed E-state index contributed by atoms with van der Waals surface area (Å²) < 4.78 is 50.9. The molecule has 0 radical (unpaired) electrons. The lowest BCUT2D eigenvalue weighted by molar-refractivity contribution is 0.256. The maximum atomic E-state index is 12.2. The van der Waals surface area contributed by atoms with Crippen molar-refractivity contribution < 1.29 is 21.6 Å². The van der Waals surface area contributed by atoms with E-state index in [4.69, 9.17) is 11.6 Å². The zero-order chi connectivity index (χ0) is 18.7. The average molecular weight is 404 g/mol. The zero-order valence-corrected chi connectivity index (χ0v) is 15.2. The molecule has 0 heterocycles. The molecule has 134 valence electrons. The summed E-state index contributed by atoms with van der Waals surface area (Å²) in [5, 5.41) is 2.81. The molecule has 0 bridgehead atoms. The van der Waals surface area contributed by atoms with Crippen LogP contribution in [0.3, 0.4) is 0 Å². The topological polar surface area (TPSA) is 121 Å². The molecule has 0 aliphatic rings. The van der Waals surface area contributed by atoms with Crippen molar-refractivity contribution in [1.29, 1.82) is 0 Å². The molecule has 2 aromatic rings. The van der Waals surface area contributed by atoms with Crippen molar-refractivity contribution in [1.82, 2.24) is 4.72 Å². The monoisotopic (exact) mass is 403 g/mol. The third-order valence-corrected chi connectivity index (χ3v) is 4.96. The van der Waals surface area contributed by atoms with Crippen LogP contribution in [0.15, 0.2) is 53.4 Å². The predicted octanol–water partition coefficient (Wildman–Crippen LogP) is 2.22. The zero-order valence-electron chi connectivity index (χ0n) is 12.9. The number of rotatable bonds is 5. The van der Waals surface area contributed by atoms with Crippen molar-refractivity contribution in [3.63, 3.8) is 0 Å². The second-order valence-corrected chi connectivity index (χ2v) is 8.84. The summed E-state index contributed by atoms with van der Waals surface area (Å²) in [7, 11) is -7.75. The number of benzene rings is 2. The molecule has 0 aliphatic carbocycles. The molecule has 3 N–H and O–H groups in total. The number of amides is 2. The van der Waals surface area contributed by atoms with Gasteiger partial charge in [0, 0.05) is 16.4 Å². The van der Waals surface area contributed by atoms with Gasteiger partial charge in [-0.15, -0.1) is 0 Å². The minimum absolute atomic E-state index is 0.0588. The standard InChI is InChI=1S/C14H14ClN3O5S2/c1-24(20,21)17-12-3-2-4-13(9-12)25(22,23)18-14(19)16-11-7-5-10(15)6-8-11/h2-9,17H,1H3,(H2,16,18,19). The third kappa shape index (κ3) is 5.93.